The Morgan fingerprint density at radius 3 is 2.50 bits per heavy atom. The van der Waals surface area contributed by atoms with Gasteiger partial charge < -0.3 is 9.47 Å². The van der Waals surface area contributed by atoms with E-state index in [0.29, 0.717) is 0 Å². The fraction of sp³-hybridized carbons (Fsp3) is 0.444. The number of cyclic esters (lactones) is 2. The van der Waals surface area contributed by atoms with E-state index in [4.69, 9.17) is 9.47 Å². The van der Waals surface area contributed by atoms with Crippen molar-refractivity contribution < 1.29 is 19.1 Å². The molecule has 1 aliphatic carbocycles. The van der Waals surface area contributed by atoms with Crippen LogP contribution >= 0.6 is 0 Å². The van der Waals surface area contributed by atoms with E-state index >= 15 is 0 Å². The molecule has 0 N–H and O–H groups in total. The third kappa shape index (κ3) is 2.54. The molecule has 0 spiro atoms. The minimum Gasteiger partial charge on any atom is -0.497 e. The predicted molar refractivity (Wildman–Crippen MR) is 82.0 cm³/mol. The average molecular weight is 300 g/mol. The van der Waals surface area contributed by atoms with Crippen molar-refractivity contribution in [2.24, 2.45) is 23.7 Å². The number of methoxy groups -OCH3 is 1. The summed E-state index contributed by atoms with van der Waals surface area (Å²) in [6.45, 7) is 2.06. The molecule has 3 rings (SSSR count). The Labute approximate surface area is 130 Å². The molecule has 1 aromatic carbocycles. The molecule has 0 amide bonds. The summed E-state index contributed by atoms with van der Waals surface area (Å²) in [5, 5.41) is 0. The summed E-state index contributed by atoms with van der Waals surface area (Å²) < 4.78 is 9.98. The molecule has 4 atom stereocenters. The molecule has 0 aromatic heterocycles. The maximum Gasteiger partial charge on any atom is 0.318 e. The molecule has 1 saturated carbocycles. The van der Waals surface area contributed by atoms with Crippen LogP contribution in [0.4, 0.5) is 0 Å². The Hall–Kier alpha value is -2.10. The second kappa shape index (κ2) is 5.95. The van der Waals surface area contributed by atoms with Gasteiger partial charge in [0, 0.05) is 0 Å². The molecular weight excluding hydrogens is 280 g/mol. The summed E-state index contributed by atoms with van der Waals surface area (Å²) in [4.78, 5) is 23.8. The molecule has 2 fully saturated rings. The highest BCUT2D eigenvalue weighted by molar-refractivity contribution is 5.97. The molecule has 1 saturated heterocycles. The minimum absolute atomic E-state index is 0.0796. The average Bonchev–Trinajstić information content (AvgIpc) is 3.05. The molecule has 1 aliphatic heterocycles. The van der Waals surface area contributed by atoms with Crippen molar-refractivity contribution in [3.8, 4) is 5.75 Å². The number of carbonyl (C=O) groups excluding carboxylic acids is 2. The van der Waals surface area contributed by atoms with Gasteiger partial charge in [-0.1, -0.05) is 37.6 Å². The number of rotatable bonds is 4. The van der Waals surface area contributed by atoms with Crippen molar-refractivity contribution in [3.05, 3.63) is 35.9 Å². The molecule has 2 aliphatic rings. The molecule has 1 aromatic rings. The highest BCUT2D eigenvalue weighted by atomic mass is 16.6. The lowest BCUT2D eigenvalue weighted by Gasteiger charge is -2.10. The number of fused-ring (bicyclic) bond motifs is 1. The van der Waals surface area contributed by atoms with Crippen LogP contribution in [0.1, 0.15) is 25.3 Å². The van der Waals surface area contributed by atoms with E-state index in [1.165, 1.54) is 0 Å². The van der Waals surface area contributed by atoms with E-state index in [2.05, 4.69) is 13.0 Å². The molecule has 4 heteroatoms. The van der Waals surface area contributed by atoms with E-state index in [-0.39, 0.29) is 35.6 Å². The van der Waals surface area contributed by atoms with Gasteiger partial charge in [-0.15, -0.1) is 0 Å². The van der Waals surface area contributed by atoms with Crippen LogP contribution in [0.3, 0.4) is 0 Å². The quantitative estimate of drug-likeness (QED) is 0.633. The van der Waals surface area contributed by atoms with E-state index in [1.807, 2.05) is 30.3 Å². The lowest BCUT2D eigenvalue weighted by Crippen LogP contribution is -2.19. The van der Waals surface area contributed by atoms with E-state index in [0.717, 1.165) is 24.2 Å². The first-order valence-corrected chi connectivity index (χ1v) is 7.71. The summed E-state index contributed by atoms with van der Waals surface area (Å²) in [5.74, 6) is -0.0907. The van der Waals surface area contributed by atoms with Gasteiger partial charge in [0.1, 0.15) is 5.75 Å². The Kier molecular flexibility index (Phi) is 4.01. The van der Waals surface area contributed by atoms with Gasteiger partial charge >= 0.3 is 11.9 Å². The molecule has 0 radical (unpaired) electrons. The Bertz CT molecular complexity index is 602. The largest absolute Gasteiger partial charge is 0.497 e. The molecular formula is C18H20O4. The SMILES string of the molecule is CC[C@H]1C[C@@H](/C=C/c2ccc(OC)cc2)[C@H]2C(=O)OC(=O)[C@@H]12. The van der Waals surface area contributed by atoms with Crippen molar-refractivity contribution in [1.29, 1.82) is 0 Å². The van der Waals surface area contributed by atoms with Crippen molar-refractivity contribution >= 4 is 18.0 Å². The third-order valence-corrected chi connectivity index (χ3v) is 4.85. The number of esters is 2. The fourth-order valence-electron chi connectivity index (χ4n) is 3.67. The first-order chi connectivity index (χ1) is 10.6. The number of carbonyl (C=O) groups is 2. The monoisotopic (exact) mass is 300 g/mol. The minimum atomic E-state index is -0.352. The zero-order valence-corrected chi connectivity index (χ0v) is 12.8. The van der Waals surface area contributed by atoms with Gasteiger partial charge in [0.05, 0.1) is 18.9 Å². The van der Waals surface area contributed by atoms with E-state index in [1.54, 1.807) is 7.11 Å². The number of benzene rings is 1. The van der Waals surface area contributed by atoms with Crippen LogP contribution in [0.5, 0.6) is 5.75 Å². The van der Waals surface area contributed by atoms with Gasteiger partial charge in [0.15, 0.2) is 0 Å². The molecule has 0 bridgehead atoms. The van der Waals surface area contributed by atoms with Gasteiger partial charge in [-0.2, -0.15) is 0 Å². The van der Waals surface area contributed by atoms with Crippen LogP contribution in [-0.2, 0) is 14.3 Å². The number of ether oxygens (including phenoxy) is 2. The van der Waals surface area contributed by atoms with Gasteiger partial charge in [0.25, 0.3) is 0 Å². The third-order valence-electron chi connectivity index (χ3n) is 4.85. The molecule has 0 unspecified atom stereocenters. The second-order valence-corrected chi connectivity index (χ2v) is 5.99. The molecule has 22 heavy (non-hydrogen) atoms. The first-order valence-electron chi connectivity index (χ1n) is 7.71. The Balaban J connectivity index is 1.78. The summed E-state index contributed by atoms with van der Waals surface area (Å²) >= 11 is 0. The van der Waals surface area contributed by atoms with Crippen LogP contribution in [0.2, 0.25) is 0 Å². The highest BCUT2D eigenvalue weighted by Gasteiger charge is 2.55. The van der Waals surface area contributed by atoms with Crippen LogP contribution in [-0.4, -0.2) is 19.0 Å². The van der Waals surface area contributed by atoms with Crippen molar-refractivity contribution in [3.63, 3.8) is 0 Å². The van der Waals surface area contributed by atoms with Gasteiger partial charge in [-0.25, -0.2) is 0 Å². The lowest BCUT2D eigenvalue weighted by atomic mass is 9.88. The number of allylic oxidation sites excluding steroid dienone is 1. The second-order valence-electron chi connectivity index (χ2n) is 5.99. The van der Waals surface area contributed by atoms with Crippen LogP contribution in [0, 0.1) is 23.7 Å². The van der Waals surface area contributed by atoms with E-state index < -0.39 is 0 Å². The smallest absolute Gasteiger partial charge is 0.318 e. The van der Waals surface area contributed by atoms with Crippen LogP contribution < -0.4 is 4.74 Å². The lowest BCUT2D eigenvalue weighted by molar-refractivity contribution is -0.154. The van der Waals surface area contributed by atoms with Crippen LogP contribution in [0.15, 0.2) is 30.3 Å². The standard InChI is InChI=1S/C18H20O4/c1-3-12-10-13(16-15(12)17(19)22-18(16)20)7-4-11-5-8-14(21-2)9-6-11/h4-9,12-13,15-16H,3,10H2,1-2H3/b7-4+/t12-,13+,15-,16+/m0/s1. The fourth-order valence-corrected chi connectivity index (χ4v) is 3.67. The summed E-state index contributed by atoms with van der Waals surface area (Å²) in [6, 6.07) is 7.74. The Morgan fingerprint density at radius 1 is 1.18 bits per heavy atom. The zero-order valence-electron chi connectivity index (χ0n) is 12.8. The summed E-state index contributed by atoms with van der Waals surface area (Å²) in [7, 11) is 1.64. The number of hydrogen-bond acceptors (Lipinski definition) is 4. The van der Waals surface area contributed by atoms with Crippen molar-refractivity contribution in [1.82, 2.24) is 0 Å². The molecule has 1 heterocycles. The summed E-state index contributed by atoms with van der Waals surface area (Å²) in [5.41, 5.74) is 1.05. The molecule has 116 valence electrons. The van der Waals surface area contributed by atoms with Gasteiger partial charge in [-0.3, -0.25) is 9.59 Å². The zero-order chi connectivity index (χ0) is 15.7. The van der Waals surface area contributed by atoms with Gasteiger partial charge in [-0.05, 0) is 36.0 Å². The van der Waals surface area contributed by atoms with E-state index in [9.17, 15) is 9.59 Å². The van der Waals surface area contributed by atoms with Crippen LogP contribution in [0.25, 0.3) is 6.08 Å². The van der Waals surface area contributed by atoms with Gasteiger partial charge in [0.2, 0.25) is 0 Å². The first kappa shape index (κ1) is 14.8. The van der Waals surface area contributed by atoms with Crippen molar-refractivity contribution in [2.75, 3.05) is 7.11 Å². The highest BCUT2D eigenvalue weighted by Crippen LogP contribution is 2.48. The maximum absolute atomic E-state index is 11.9. The van der Waals surface area contributed by atoms with Crippen molar-refractivity contribution in [2.45, 2.75) is 19.8 Å². The summed E-state index contributed by atoms with van der Waals surface area (Å²) in [6.07, 6.45) is 5.83. The normalized spacial score (nSPS) is 30.6. The topological polar surface area (TPSA) is 52.6 Å². The number of hydrogen-bond donors (Lipinski definition) is 0. The maximum atomic E-state index is 11.9. The predicted octanol–water partition coefficient (Wildman–Crippen LogP) is 3.07. The molecule has 4 nitrogen and oxygen atoms in total. The Morgan fingerprint density at radius 2 is 1.86 bits per heavy atom.